The van der Waals surface area contributed by atoms with Crippen LogP contribution in [0.4, 0.5) is 11.6 Å². The summed E-state index contributed by atoms with van der Waals surface area (Å²) in [6.45, 7) is 3.24. The fourth-order valence-corrected chi connectivity index (χ4v) is 2.46. The van der Waals surface area contributed by atoms with Crippen molar-refractivity contribution < 1.29 is 9.66 Å². The molecular weight excluding hydrogens is 272 g/mol. The minimum absolute atomic E-state index is 0.0687. The van der Waals surface area contributed by atoms with E-state index in [4.69, 9.17) is 4.74 Å². The molecule has 116 valence electrons. The van der Waals surface area contributed by atoms with Gasteiger partial charge in [0.1, 0.15) is 6.20 Å². The summed E-state index contributed by atoms with van der Waals surface area (Å²) in [5.41, 5.74) is -0.173. The van der Waals surface area contributed by atoms with Crippen molar-refractivity contribution in [3.8, 4) is 5.88 Å². The Morgan fingerprint density at radius 2 is 2.19 bits per heavy atom. The van der Waals surface area contributed by atoms with E-state index in [1.807, 2.05) is 6.92 Å². The smallest absolute Gasteiger partial charge is 0.349 e. The molecule has 1 aliphatic carbocycles. The van der Waals surface area contributed by atoms with Crippen molar-refractivity contribution in [3.63, 3.8) is 0 Å². The second kappa shape index (κ2) is 7.75. The molecular formula is C14H22N4O3. The molecule has 21 heavy (non-hydrogen) atoms. The Morgan fingerprint density at radius 1 is 1.43 bits per heavy atom. The summed E-state index contributed by atoms with van der Waals surface area (Å²) in [5.74, 6) is 0.917. The van der Waals surface area contributed by atoms with Crippen molar-refractivity contribution in [2.75, 3.05) is 18.5 Å². The van der Waals surface area contributed by atoms with E-state index in [1.54, 1.807) is 0 Å². The summed E-state index contributed by atoms with van der Waals surface area (Å²) in [4.78, 5) is 18.6. The zero-order chi connectivity index (χ0) is 15.1. The fraction of sp³-hybridized carbons (Fsp3) is 0.714. The van der Waals surface area contributed by atoms with Crippen LogP contribution in [0.3, 0.4) is 0 Å². The normalized spacial score (nSPS) is 15.7. The molecule has 0 bridgehead atoms. The SMILES string of the molecule is CCCNc1ncc([N+](=O)[O-])c(OCC2CCCCC2)n1. The van der Waals surface area contributed by atoms with Crippen LogP contribution in [-0.4, -0.2) is 28.0 Å². The molecule has 0 amide bonds. The molecule has 0 unspecified atom stereocenters. The summed E-state index contributed by atoms with van der Waals surface area (Å²) in [7, 11) is 0. The van der Waals surface area contributed by atoms with E-state index in [1.165, 1.54) is 25.5 Å². The van der Waals surface area contributed by atoms with Crippen LogP contribution in [0, 0.1) is 16.0 Å². The van der Waals surface area contributed by atoms with Gasteiger partial charge >= 0.3 is 5.69 Å². The number of ether oxygens (including phenoxy) is 1. The monoisotopic (exact) mass is 294 g/mol. The summed E-state index contributed by atoms with van der Waals surface area (Å²) in [6, 6.07) is 0. The minimum atomic E-state index is -0.500. The van der Waals surface area contributed by atoms with Gasteiger partial charge in [0.05, 0.1) is 11.5 Å². The molecule has 1 heterocycles. The number of hydrogen-bond donors (Lipinski definition) is 1. The molecule has 1 aliphatic rings. The Bertz CT molecular complexity index is 475. The van der Waals surface area contributed by atoms with E-state index >= 15 is 0 Å². The maximum atomic E-state index is 11.0. The molecule has 0 saturated heterocycles. The van der Waals surface area contributed by atoms with Gasteiger partial charge in [-0.25, -0.2) is 4.98 Å². The molecule has 1 fully saturated rings. The molecule has 1 N–H and O–H groups in total. The number of aromatic nitrogens is 2. The van der Waals surface area contributed by atoms with Gasteiger partial charge in [-0.2, -0.15) is 4.98 Å². The van der Waals surface area contributed by atoms with Crippen molar-refractivity contribution >= 4 is 11.6 Å². The summed E-state index contributed by atoms with van der Waals surface area (Å²) in [6.07, 6.45) is 8.08. The van der Waals surface area contributed by atoms with E-state index in [9.17, 15) is 10.1 Å². The van der Waals surface area contributed by atoms with Crippen molar-refractivity contribution in [2.45, 2.75) is 45.4 Å². The molecule has 1 saturated carbocycles. The average molecular weight is 294 g/mol. The number of nitrogens with zero attached hydrogens (tertiary/aromatic N) is 3. The van der Waals surface area contributed by atoms with Gasteiger partial charge in [-0.15, -0.1) is 0 Å². The van der Waals surface area contributed by atoms with E-state index < -0.39 is 4.92 Å². The highest BCUT2D eigenvalue weighted by molar-refractivity contribution is 5.43. The molecule has 0 atom stereocenters. The van der Waals surface area contributed by atoms with Crippen molar-refractivity contribution in [1.82, 2.24) is 9.97 Å². The molecule has 7 heteroatoms. The zero-order valence-electron chi connectivity index (χ0n) is 12.4. The molecule has 0 spiro atoms. The van der Waals surface area contributed by atoms with Crippen LogP contribution in [-0.2, 0) is 0 Å². The highest BCUT2D eigenvalue weighted by Gasteiger charge is 2.21. The molecule has 0 aliphatic heterocycles. The predicted octanol–water partition coefficient (Wildman–Crippen LogP) is 3.17. The van der Waals surface area contributed by atoms with Gasteiger partial charge in [-0.05, 0) is 25.2 Å². The van der Waals surface area contributed by atoms with Gasteiger partial charge in [0, 0.05) is 6.54 Å². The number of hydrogen-bond acceptors (Lipinski definition) is 6. The van der Waals surface area contributed by atoms with Gasteiger partial charge in [-0.1, -0.05) is 26.2 Å². The van der Waals surface area contributed by atoms with Crippen LogP contribution >= 0.6 is 0 Å². The topological polar surface area (TPSA) is 90.2 Å². The molecule has 0 aromatic carbocycles. The highest BCUT2D eigenvalue weighted by atomic mass is 16.6. The summed E-state index contributed by atoms with van der Waals surface area (Å²) >= 11 is 0. The Morgan fingerprint density at radius 3 is 2.86 bits per heavy atom. The van der Waals surface area contributed by atoms with Gasteiger partial charge in [0.15, 0.2) is 0 Å². The Balaban J connectivity index is 2.04. The second-order valence-electron chi connectivity index (χ2n) is 5.38. The first-order valence-corrected chi connectivity index (χ1v) is 7.58. The van der Waals surface area contributed by atoms with Crippen LogP contribution < -0.4 is 10.1 Å². The maximum absolute atomic E-state index is 11.0. The number of nitro groups is 1. The lowest BCUT2D eigenvalue weighted by molar-refractivity contribution is -0.386. The van der Waals surface area contributed by atoms with Crippen molar-refractivity contribution in [1.29, 1.82) is 0 Å². The first kappa shape index (κ1) is 15.5. The highest BCUT2D eigenvalue weighted by Crippen LogP contribution is 2.28. The predicted molar refractivity (Wildman–Crippen MR) is 79.5 cm³/mol. The fourth-order valence-electron chi connectivity index (χ4n) is 2.46. The van der Waals surface area contributed by atoms with Gasteiger partial charge in [-0.3, -0.25) is 10.1 Å². The third-order valence-corrected chi connectivity index (χ3v) is 3.65. The van der Waals surface area contributed by atoms with Crippen molar-refractivity contribution in [3.05, 3.63) is 16.3 Å². The minimum Gasteiger partial charge on any atom is -0.472 e. The molecule has 2 rings (SSSR count). The lowest BCUT2D eigenvalue weighted by Crippen LogP contribution is -2.16. The summed E-state index contributed by atoms with van der Waals surface area (Å²) in [5, 5.41) is 14.0. The van der Waals surface area contributed by atoms with Gasteiger partial charge in [0.2, 0.25) is 5.95 Å². The van der Waals surface area contributed by atoms with E-state index in [0.717, 1.165) is 25.8 Å². The Labute approximate surface area is 124 Å². The quantitative estimate of drug-likeness (QED) is 0.613. The first-order chi connectivity index (χ1) is 10.2. The number of anilines is 1. The standard InChI is InChI=1S/C14H22N4O3/c1-2-8-15-14-16-9-12(18(19)20)13(17-14)21-10-11-6-4-3-5-7-11/h9,11H,2-8,10H2,1H3,(H,15,16,17). The molecule has 0 radical (unpaired) electrons. The Kier molecular flexibility index (Phi) is 5.71. The van der Waals surface area contributed by atoms with Crippen LogP contribution in [0.5, 0.6) is 5.88 Å². The molecule has 7 nitrogen and oxygen atoms in total. The van der Waals surface area contributed by atoms with Crippen molar-refractivity contribution in [2.24, 2.45) is 5.92 Å². The number of rotatable bonds is 7. The lowest BCUT2D eigenvalue weighted by Gasteiger charge is -2.21. The van der Waals surface area contributed by atoms with E-state index in [0.29, 0.717) is 18.5 Å². The molecule has 1 aromatic rings. The van der Waals surface area contributed by atoms with E-state index in [-0.39, 0.29) is 11.6 Å². The van der Waals surface area contributed by atoms with Gasteiger partial charge < -0.3 is 10.1 Å². The van der Waals surface area contributed by atoms with Crippen LogP contribution in [0.25, 0.3) is 0 Å². The maximum Gasteiger partial charge on any atom is 0.349 e. The van der Waals surface area contributed by atoms with Crippen LogP contribution in [0.15, 0.2) is 6.20 Å². The summed E-state index contributed by atoms with van der Waals surface area (Å²) < 4.78 is 5.63. The third kappa shape index (κ3) is 4.54. The molecule has 1 aromatic heterocycles. The van der Waals surface area contributed by atoms with Crippen LogP contribution in [0.1, 0.15) is 45.4 Å². The lowest BCUT2D eigenvalue weighted by atomic mass is 9.90. The Hall–Kier alpha value is -1.92. The van der Waals surface area contributed by atoms with E-state index in [2.05, 4.69) is 15.3 Å². The second-order valence-corrected chi connectivity index (χ2v) is 5.38. The zero-order valence-corrected chi connectivity index (χ0v) is 12.4. The van der Waals surface area contributed by atoms with Crippen LogP contribution in [0.2, 0.25) is 0 Å². The van der Waals surface area contributed by atoms with Gasteiger partial charge in [0.25, 0.3) is 5.88 Å². The third-order valence-electron chi connectivity index (χ3n) is 3.65. The largest absolute Gasteiger partial charge is 0.472 e. The number of nitrogens with one attached hydrogen (secondary N) is 1. The average Bonchev–Trinajstić information content (AvgIpc) is 2.51. The first-order valence-electron chi connectivity index (χ1n) is 7.58.